The highest BCUT2D eigenvalue weighted by atomic mass is 19.1. The summed E-state index contributed by atoms with van der Waals surface area (Å²) in [4.78, 5) is 26.7. The average molecular weight is 329 g/mol. The minimum atomic E-state index is -0.397. The van der Waals surface area contributed by atoms with Crippen LogP contribution in [0.5, 0.6) is 0 Å². The maximum absolute atomic E-state index is 12.9. The van der Waals surface area contributed by atoms with Gasteiger partial charge < -0.3 is 9.80 Å². The van der Waals surface area contributed by atoms with Gasteiger partial charge in [0.05, 0.1) is 4.92 Å². The smallest absolute Gasteiger partial charge is 0.292 e. The second-order valence-electron chi connectivity index (χ2n) is 5.53. The number of carbonyl (C=O) groups is 1. The highest BCUT2D eigenvalue weighted by Crippen LogP contribution is 2.28. The number of nitro benzene ring substituents is 1. The molecule has 0 spiro atoms. The fraction of sp³-hybridized carbons (Fsp3) is 0.235. The van der Waals surface area contributed by atoms with Crippen LogP contribution in [0.25, 0.3) is 0 Å². The Labute approximate surface area is 138 Å². The van der Waals surface area contributed by atoms with E-state index in [0.29, 0.717) is 37.4 Å². The molecule has 0 atom stereocenters. The molecule has 0 unspecified atom stereocenters. The number of carbonyl (C=O) groups excluding carboxylic acids is 1. The molecule has 124 valence electrons. The molecule has 1 heterocycles. The van der Waals surface area contributed by atoms with Gasteiger partial charge in [-0.25, -0.2) is 4.39 Å². The van der Waals surface area contributed by atoms with Crippen LogP contribution in [0.4, 0.5) is 15.8 Å². The minimum Gasteiger partial charge on any atom is -0.362 e. The van der Waals surface area contributed by atoms with Crippen molar-refractivity contribution in [3.63, 3.8) is 0 Å². The molecule has 7 heteroatoms. The van der Waals surface area contributed by atoms with Crippen molar-refractivity contribution in [1.82, 2.24) is 4.90 Å². The number of nitrogens with zero attached hydrogens (tertiary/aromatic N) is 3. The summed E-state index contributed by atoms with van der Waals surface area (Å²) in [6.07, 6.45) is 0. The fourth-order valence-electron chi connectivity index (χ4n) is 2.81. The standard InChI is InChI=1S/C17H16FN3O3/c18-14-7-5-13(6-8-14)17(22)20-11-9-19(10-12-20)15-3-1-2-4-16(15)21(23)24/h1-8H,9-12H2. The molecule has 1 aliphatic heterocycles. The molecule has 24 heavy (non-hydrogen) atoms. The number of piperazine rings is 1. The minimum absolute atomic E-state index is 0.0656. The molecule has 1 fully saturated rings. The molecule has 1 amide bonds. The van der Waals surface area contributed by atoms with Crippen LogP contribution in [0.15, 0.2) is 48.5 Å². The van der Waals surface area contributed by atoms with Gasteiger partial charge in [-0.3, -0.25) is 14.9 Å². The van der Waals surface area contributed by atoms with E-state index in [1.807, 2.05) is 4.90 Å². The Bertz CT molecular complexity index is 756. The Kier molecular flexibility index (Phi) is 4.41. The van der Waals surface area contributed by atoms with Crippen LogP contribution in [0.3, 0.4) is 0 Å². The van der Waals surface area contributed by atoms with Crippen molar-refractivity contribution in [2.45, 2.75) is 0 Å². The van der Waals surface area contributed by atoms with E-state index in [-0.39, 0.29) is 17.4 Å². The molecule has 2 aromatic rings. The molecular weight excluding hydrogens is 313 g/mol. The lowest BCUT2D eigenvalue weighted by Crippen LogP contribution is -2.48. The summed E-state index contributed by atoms with van der Waals surface area (Å²) in [6, 6.07) is 12.0. The molecule has 0 aliphatic carbocycles. The zero-order valence-electron chi connectivity index (χ0n) is 12.9. The molecule has 0 N–H and O–H groups in total. The highest BCUT2D eigenvalue weighted by Gasteiger charge is 2.25. The van der Waals surface area contributed by atoms with Crippen LogP contribution < -0.4 is 4.90 Å². The lowest BCUT2D eigenvalue weighted by atomic mass is 10.1. The number of hydrogen-bond acceptors (Lipinski definition) is 4. The number of anilines is 1. The van der Waals surface area contributed by atoms with Crippen molar-refractivity contribution < 1.29 is 14.1 Å². The van der Waals surface area contributed by atoms with Gasteiger partial charge >= 0.3 is 0 Å². The number of amides is 1. The Morgan fingerprint density at radius 1 is 1.00 bits per heavy atom. The quantitative estimate of drug-likeness (QED) is 0.641. The lowest BCUT2D eigenvalue weighted by Gasteiger charge is -2.35. The van der Waals surface area contributed by atoms with Gasteiger partial charge in [0.15, 0.2) is 0 Å². The molecule has 0 radical (unpaired) electrons. The van der Waals surface area contributed by atoms with E-state index in [9.17, 15) is 19.3 Å². The fourth-order valence-corrected chi connectivity index (χ4v) is 2.81. The van der Waals surface area contributed by atoms with E-state index in [1.165, 1.54) is 30.3 Å². The maximum atomic E-state index is 12.9. The zero-order valence-corrected chi connectivity index (χ0v) is 12.9. The number of benzene rings is 2. The summed E-state index contributed by atoms with van der Waals surface area (Å²) in [6.45, 7) is 1.94. The molecule has 1 aliphatic rings. The summed E-state index contributed by atoms with van der Waals surface area (Å²) in [7, 11) is 0. The van der Waals surface area contributed by atoms with Crippen LogP contribution in [-0.2, 0) is 0 Å². The van der Waals surface area contributed by atoms with Gasteiger partial charge in [-0.05, 0) is 30.3 Å². The Balaban J connectivity index is 1.69. The Hall–Kier alpha value is -2.96. The number of para-hydroxylation sites is 2. The molecule has 0 bridgehead atoms. The van der Waals surface area contributed by atoms with E-state index in [4.69, 9.17) is 0 Å². The van der Waals surface area contributed by atoms with E-state index < -0.39 is 4.92 Å². The number of nitro groups is 1. The summed E-state index contributed by atoms with van der Waals surface area (Å²) < 4.78 is 12.9. The van der Waals surface area contributed by atoms with Gasteiger partial charge in [-0.1, -0.05) is 12.1 Å². The molecule has 2 aromatic carbocycles. The normalized spacial score (nSPS) is 14.5. The van der Waals surface area contributed by atoms with Crippen molar-refractivity contribution >= 4 is 17.3 Å². The third-order valence-corrected chi connectivity index (χ3v) is 4.08. The molecule has 6 nitrogen and oxygen atoms in total. The van der Waals surface area contributed by atoms with Gasteiger partial charge in [0.2, 0.25) is 0 Å². The van der Waals surface area contributed by atoms with Crippen molar-refractivity contribution in [1.29, 1.82) is 0 Å². The van der Waals surface area contributed by atoms with E-state index in [1.54, 1.807) is 23.1 Å². The van der Waals surface area contributed by atoms with Gasteiger partial charge in [-0.2, -0.15) is 0 Å². The molecule has 0 aromatic heterocycles. The Morgan fingerprint density at radius 3 is 2.25 bits per heavy atom. The highest BCUT2D eigenvalue weighted by molar-refractivity contribution is 5.94. The first-order valence-corrected chi connectivity index (χ1v) is 7.59. The van der Waals surface area contributed by atoms with E-state index in [2.05, 4.69) is 0 Å². The van der Waals surface area contributed by atoms with Crippen molar-refractivity contribution in [3.05, 3.63) is 70.0 Å². The molecule has 3 rings (SSSR count). The number of rotatable bonds is 3. The first kappa shape index (κ1) is 15.9. The number of halogens is 1. The monoisotopic (exact) mass is 329 g/mol. The summed E-state index contributed by atoms with van der Waals surface area (Å²) in [5, 5.41) is 11.1. The third kappa shape index (κ3) is 3.19. The van der Waals surface area contributed by atoms with Gasteiger partial charge in [-0.15, -0.1) is 0 Å². The first-order valence-electron chi connectivity index (χ1n) is 7.59. The molecule has 0 saturated carbocycles. The summed E-state index contributed by atoms with van der Waals surface area (Å²) in [5.41, 5.74) is 1.07. The predicted molar refractivity (Wildman–Crippen MR) is 87.6 cm³/mol. The summed E-state index contributed by atoms with van der Waals surface area (Å²) in [5.74, 6) is -0.537. The lowest BCUT2D eigenvalue weighted by molar-refractivity contribution is -0.384. The van der Waals surface area contributed by atoms with Gasteiger partial charge in [0.25, 0.3) is 11.6 Å². The van der Waals surface area contributed by atoms with Crippen LogP contribution in [-0.4, -0.2) is 41.9 Å². The Morgan fingerprint density at radius 2 is 1.62 bits per heavy atom. The predicted octanol–water partition coefficient (Wildman–Crippen LogP) is 2.70. The van der Waals surface area contributed by atoms with Crippen LogP contribution in [0.2, 0.25) is 0 Å². The second kappa shape index (κ2) is 6.66. The number of hydrogen-bond donors (Lipinski definition) is 0. The second-order valence-corrected chi connectivity index (χ2v) is 5.53. The van der Waals surface area contributed by atoms with Crippen LogP contribution in [0.1, 0.15) is 10.4 Å². The van der Waals surface area contributed by atoms with E-state index >= 15 is 0 Å². The van der Waals surface area contributed by atoms with Crippen molar-refractivity contribution in [2.24, 2.45) is 0 Å². The topological polar surface area (TPSA) is 66.7 Å². The SMILES string of the molecule is O=C(c1ccc(F)cc1)N1CCN(c2ccccc2[N+](=O)[O-])CC1. The van der Waals surface area contributed by atoms with Crippen LogP contribution >= 0.6 is 0 Å². The molecular formula is C17H16FN3O3. The van der Waals surface area contributed by atoms with Gasteiger partial charge in [0, 0.05) is 37.8 Å². The largest absolute Gasteiger partial charge is 0.362 e. The van der Waals surface area contributed by atoms with Gasteiger partial charge in [0.1, 0.15) is 11.5 Å². The van der Waals surface area contributed by atoms with E-state index in [0.717, 1.165) is 0 Å². The molecule has 1 saturated heterocycles. The van der Waals surface area contributed by atoms with Crippen molar-refractivity contribution in [3.8, 4) is 0 Å². The average Bonchev–Trinajstić information content (AvgIpc) is 2.62. The van der Waals surface area contributed by atoms with Crippen molar-refractivity contribution in [2.75, 3.05) is 31.1 Å². The maximum Gasteiger partial charge on any atom is 0.292 e. The summed E-state index contributed by atoms with van der Waals surface area (Å²) >= 11 is 0. The first-order chi connectivity index (χ1) is 11.6. The zero-order chi connectivity index (χ0) is 17.1. The third-order valence-electron chi connectivity index (χ3n) is 4.08. The van der Waals surface area contributed by atoms with Crippen LogP contribution in [0, 0.1) is 15.9 Å².